The van der Waals surface area contributed by atoms with Crippen LogP contribution in [0.15, 0.2) is 0 Å². The molecular weight excluding hydrogens is 176 g/mol. The molecule has 0 aliphatic carbocycles. The first-order valence-electron chi connectivity index (χ1n) is 5.72. The molecule has 0 spiro atoms. The molecule has 1 saturated heterocycles. The van der Waals surface area contributed by atoms with E-state index in [1.807, 2.05) is 0 Å². The average molecular weight is 200 g/mol. The maximum absolute atomic E-state index is 5.58. The summed E-state index contributed by atoms with van der Waals surface area (Å²) in [5.41, 5.74) is 0. The third-order valence-corrected chi connectivity index (χ3v) is 2.61. The molecular formula is C11H24N2O. The van der Waals surface area contributed by atoms with Gasteiger partial charge in [0.1, 0.15) is 0 Å². The molecule has 14 heavy (non-hydrogen) atoms. The van der Waals surface area contributed by atoms with Gasteiger partial charge in [-0.1, -0.05) is 13.8 Å². The van der Waals surface area contributed by atoms with Gasteiger partial charge in [0.25, 0.3) is 0 Å². The van der Waals surface area contributed by atoms with E-state index in [0.717, 1.165) is 39.4 Å². The summed E-state index contributed by atoms with van der Waals surface area (Å²) in [6, 6.07) is 0.659. The van der Waals surface area contributed by atoms with Crippen molar-refractivity contribution in [2.75, 3.05) is 39.4 Å². The Kier molecular flexibility index (Phi) is 5.45. The molecule has 84 valence electrons. The number of rotatable bonds is 5. The topological polar surface area (TPSA) is 24.5 Å². The van der Waals surface area contributed by atoms with Crippen LogP contribution in [0, 0.1) is 5.92 Å². The van der Waals surface area contributed by atoms with Crippen LogP contribution in [0.5, 0.6) is 0 Å². The number of piperazine rings is 1. The van der Waals surface area contributed by atoms with Crippen molar-refractivity contribution in [1.29, 1.82) is 0 Å². The Morgan fingerprint density at radius 1 is 1.50 bits per heavy atom. The zero-order valence-corrected chi connectivity index (χ0v) is 9.75. The number of nitrogens with one attached hydrogen (secondary N) is 1. The minimum Gasteiger partial charge on any atom is -0.380 e. The summed E-state index contributed by atoms with van der Waals surface area (Å²) in [4.78, 5) is 2.50. The first-order chi connectivity index (χ1) is 6.70. The van der Waals surface area contributed by atoms with Crippen LogP contribution in [-0.4, -0.2) is 50.3 Å². The fourth-order valence-corrected chi connectivity index (χ4v) is 1.72. The number of hydrogen-bond donors (Lipinski definition) is 1. The maximum Gasteiger partial charge on any atom is 0.0593 e. The van der Waals surface area contributed by atoms with Crippen LogP contribution >= 0.6 is 0 Å². The van der Waals surface area contributed by atoms with Crippen LogP contribution in [0.3, 0.4) is 0 Å². The van der Waals surface area contributed by atoms with Crippen molar-refractivity contribution in [2.45, 2.75) is 26.8 Å². The van der Waals surface area contributed by atoms with E-state index in [2.05, 4.69) is 31.0 Å². The van der Waals surface area contributed by atoms with Gasteiger partial charge in [-0.2, -0.15) is 0 Å². The number of nitrogens with zero attached hydrogens (tertiary/aromatic N) is 1. The van der Waals surface area contributed by atoms with Crippen LogP contribution in [0.4, 0.5) is 0 Å². The van der Waals surface area contributed by atoms with Crippen LogP contribution in [0.2, 0.25) is 0 Å². The quantitative estimate of drug-likeness (QED) is 0.669. The lowest BCUT2D eigenvalue weighted by atomic mass is 10.2. The molecule has 1 rings (SSSR count). The minimum absolute atomic E-state index is 0.649. The molecule has 0 amide bonds. The van der Waals surface area contributed by atoms with Crippen LogP contribution in [0.25, 0.3) is 0 Å². The van der Waals surface area contributed by atoms with Crippen molar-refractivity contribution in [1.82, 2.24) is 10.2 Å². The first kappa shape index (κ1) is 12.0. The highest BCUT2D eigenvalue weighted by molar-refractivity contribution is 4.75. The standard InChI is InChI=1S/C11H24N2O/c1-10(2)9-14-7-6-13-5-4-12-8-11(13)3/h10-12H,4-9H2,1-3H3/t11-/m0/s1. The smallest absolute Gasteiger partial charge is 0.0593 e. The second-order valence-corrected chi connectivity index (χ2v) is 4.56. The fourth-order valence-electron chi connectivity index (χ4n) is 1.72. The second-order valence-electron chi connectivity index (χ2n) is 4.56. The number of ether oxygens (including phenoxy) is 1. The van der Waals surface area contributed by atoms with E-state index < -0.39 is 0 Å². The summed E-state index contributed by atoms with van der Waals surface area (Å²) in [6.45, 7) is 12.9. The van der Waals surface area contributed by atoms with Crippen LogP contribution in [-0.2, 0) is 4.74 Å². The van der Waals surface area contributed by atoms with Gasteiger partial charge in [-0.25, -0.2) is 0 Å². The Morgan fingerprint density at radius 2 is 2.29 bits per heavy atom. The summed E-state index contributed by atoms with van der Waals surface area (Å²) in [6.07, 6.45) is 0. The molecule has 3 nitrogen and oxygen atoms in total. The molecule has 0 bridgehead atoms. The molecule has 0 saturated carbocycles. The lowest BCUT2D eigenvalue weighted by Crippen LogP contribution is -2.50. The van der Waals surface area contributed by atoms with Gasteiger partial charge in [0.05, 0.1) is 6.61 Å². The molecule has 0 aromatic rings. The predicted molar refractivity (Wildman–Crippen MR) is 59.6 cm³/mol. The summed E-state index contributed by atoms with van der Waals surface area (Å²) in [5.74, 6) is 0.649. The van der Waals surface area contributed by atoms with Crippen molar-refractivity contribution in [3.8, 4) is 0 Å². The van der Waals surface area contributed by atoms with Crippen molar-refractivity contribution in [2.24, 2.45) is 5.92 Å². The Balaban J connectivity index is 2.04. The van der Waals surface area contributed by atoms with E-state index in [0.29, 0.717) is 12.0 Å². The van der Waals surface area contributed by atoms with Gasteiger partial charge in [-0.3, -0.25) is 4.90 Å². The van der Waals surface area contributed by atoms with Gasteiger partial charge in [0.2, 0.25) is 0 Å². The molecule has 1 N–H and O–H groups in total. The van der Waals surface area contributed by atoms with Gasteiger partial charge in [0.15, 0.2) is 0 Å². The Bertz CT molecular complexity index is 150. The highest BCUT2D eigenvalue weighted by atomic mass is 16.5. The van der Waals surface area contributed by atoms with Crippen molar-refractivity contribution >= 4 is 0 Å². The predicted octanol–water partition coefficient (Wildman–Crippen LogP) is 0.953. The lowest BCUT2D eigenvalue weighted by Gasteiger charge is -2.33. The molecule has 1 heterocycles. The monoisotopic (exact) mass is 200 g/mol. The summed E-state index contributed by atoms with van der Waals surface area (Å²) >= 11 is 0. The van der Waals surface area contributed by atoms with E-state index in [-0.39, 0.29) is 0 Å². The summed E-state index contributed by atoms with van der Waals surface area (Å²) < 4.78 is 5.58. The molecule has 1 atom stereocenters. The van der Waals surface area contributed by atoms with Crippen LogP contribution in [0.1, 0.15) is 20.8 Å². The van der Waals surface area contributed by atoms with E-state index in [1.165, 1.54) is 0 Å². The molecule has 3 heteroatoms. The minimum atomic E-state index is 0.649. The SMILES string of the molecule is CC(C)COCCN1CCNC[C@@H]1C. The Labute approximate surface area is 87.8 Å². The van der Waals surface area contributed by atoms with Crippen molar-refractivity contribution < 1.29 is 4.74 Å². The molecule has 0 radical (unpaired) electrons. The van der Waals surface area contributed by atoms with E-state index >= 15 is 0 Å². The Hall–Kier alpha value is -0.120. The molecule has 1 aliphatic heterocycles. The largest absolute Gasteiger partial charge is 0.380 e. The molecule has 0 unspecified atom stereocenters. The highest BCUT2D eigenvalue weighted by Crippen LogP contribution is 2.01. The van der Waals surface area contributed by atoms with Crippen LogP contribution < -0.4 is 5.32 Å². The zero-order chi connectivity index (χ0) is 10.4. The zero-order valence-electron chi connectivity index (χ0n) is 9.75. The van der Waals surface area contributed by atoms with Gasteiger partial charge in [-0.05, 0) is 12.8 Å². The first-order valence-corrected chi connectivity index (χ1v) is 5.72. The van der Waals surface area contributed by atoms with Gasteiger partial charge in [0, 0.05) is 38.8 Å². The van der Waals surface area contributed by atoms with Crippen molar-refractivity contribution in [3.63, 3.8) is 0 Å². The van der Waals surface area contributed by atoms with Gasteiger partial charge in [-0.15, -0.1) is 0 Å². The summed E-state index contributed by atoms with van der Waals surface area (Å²) in [7, 11) is 0. The normalized spacial score (nSPS) is 24.4. The van der Waals surface area contributed by atoms with Gasteiger partial charge < -0.3 is 10.1 Å². The average Bonchev–Trinajstić information content (AvgIpc) is 2.15. The lowest BCUT2D eigenvalue weighted by molar-refractivity contribution is 0.0678. The molecule has 0 aromatic heterocycles. The van der Waals surface area contributed by atoms with E-state index in [4.69, 9.17) is 4.74 Å². The third-order valence-electron chi connectivity index (χ3n) is 2.61. The maximum atomic E-state index is 5.58. The van der Waals surface area contributed by atoms with E-state index in [1.54, 1.807) is 0 Å². The highest BCUT2D eigenvalue weighted by Gasteiger charge is 2.16. The second kappa shape index (κ2) is 6.38. The number of hydrogen-bond acceptors (Lipinski definition) is 3. The third kappa shape index (κ3) is 4.40. The molecule has 1 fully saturated rings. The van der Waals surface area contributed by atoms with Gasteiger partial charge >= 0.3 is 0 Å². The van der Waals surface area contributed by atoms with E-state index in [9.17, 15) is 0 Å². The fraction of sp³-hybridized carbons (Fsp3) is 1.00. The Morgan fingerprint density at radius 3 is 2.93 bits per heavy atom. The molecule has 0 aromatic carbocycles. The molecule has 1 aliphatic rings. The summed E-state index contributed by atoms with van der Waals surface area (Å²) in [5, 5.41) is 3.39. The van der Waals surface area contributed by atoms with Crippen molar-refractivity contribution in [3.05, 3.63) is 0 Å².